The van der Waals surface area contributed by atoms with E-state index in [4.69, 9.17) is 9.47 Å². The number of benzene rings is 2. The third-order valence-corrected chi connectivity index (χ3v) is 4.70. The Morgan fingerprint density at radius 2 is 2.15 bits per heavy atom. The number of rotatable bonds is 5. The predicted molar refractivity (Wildman–Crippen MR) is 104 cm³/mol. The van der Waals surface area contributed by atoms with Crippen LogP contribution in [0, 0.1) is 0 Å². The minimum Gasteiger partial charge on any atom is -0.494 e. The van der Waals surface area contributed by atoms with Gasteiger partial charge >= 0.3 is 0 Å². The molecule has 0 saturated heterocycles. The van der Waals surface area contributed by atoms with E-state index in [2.05, 4.69) is 17.2 Å². The second kappa shape index (κ2) is 7.27. The molecule has 1 N–H and O–H groups in total. The topological polar surface area (TPSA) is 60.5 Å². The first-order valence-corrected chi connectivity index (χ1v) is 9.23. The first-order chi connectivity index (χ1) is 13.2. The fourth-order valence-electron chi connectivity index (χ4n) is 3.47. The van der Waals surface area contributed by atoms with Crippen molar-refractivity contribution >= 4 is 16.8 Å². The first-order valence-electron chi connectivity index (χ1n) is 9.23. The van der Waals surface area contributed by atoms with E-state index in [1.165, 1.54) is 0 Å². The predicted octanol–water partition coefficient (Wildman–Crippen LogP) is 3.89. The molecule has 0 bridgehead atoms. The molecule has 1 atom stereocenters. The van der Waals surface area contributed by atoms with Crippen LogP contribution >= 0.6 is 0 Å². The molecule has 0 spiro atoms. The number of aromatic nitrogens is 1. The lowest BCUT2D eigenvalue weighted by molar-refractivity contribution is 0.0952. The number of hydrogen-bond acceptors (Lipinski definition) is 4. The SMILES string of the molecule is CCOc1cc2c(cc1CNC(=O)c1cccc3cccnc13)O[C@@H](C)C2. The highest BCUT2D eigenvalue weighted by Crippen LogP contribution is 2.35. The van der Waals surface area contributed by atoms with E-state index in [1.807, 2.05) is 43.3 Å². The average Bonchev–Trinajstić information content (AvgIpc) is 3.04. The van der Waals surface area contributed by atoms with E-state index in [-0.39, 0.29) is 12.0 Å². The van der Waals surface area contributed by atoms with Crippen LogP contribution in [0.15, 0.2) is 48.7 Å². The van der Waals surface area contributed by atoms with Crippen molar-refractivity contribution in [3.05, 3.63) is 65.4 Å². The summed E-state index contributed by atoms with van der Waals surface area (Å²) in [6.07, 6.45) is 2.75. The summed E-state index contributed by atoms with van der Waals surface area (Å²) >= 11 is 0. The number of carbonyl (C=O) groups excluding carboxylic acids is 1. The molecule has 5 nitrogen and oxygen atoms in total. The number of nitrogens with zero attached hydrogens (tertiary/aromatic N) is 1. The van der Waals surface area contributed by atoms with Crippen LogP contribution in [0.1, 0.15) is 35.3 Å². The number of amides is 1. The largest absolute Gasteiger partial charge is 0.494 e. The smallest absolute Gasteiger partial charge is 0.253 e. The molecule has 2 heterocycles. The standard InChI is InChI=1S/C22H22N2O3/c1-3-26-19-11-16-10-14(2)27-20(16)12-17(19)13-24-22(25)18-8-4-6-15-7-5-9-23-21(15)18/h4-9,11-12,14H,3,10,13H2,1-2H3,(H,24,25)/t14-/m0/s1. The van der Waals surface area contributed by atoms with Gasteiger partial charge in [0.1, 0.15) is 17.6 Å². The maximum absolute atomic E-state index is 12.8. The van der Waals surface area contributed by atoms with Gasteiger partial charge in [-0.05, 0) is 38.1 Å². The highest BCUT2D eigenvalue weighted by molar-refractivity contribution is 6.05. The zero-order valence-electron chi connectivity index (χ0n) is 15.5. The van der Waals surface area contributed by atoms with Crippen LogP contribution in [0.5, 0.6) is 11.5 Å². The van der Waals surface area contributed by atoms with Gasteiger partial charge < -0.3 is 14.8 Å². The second-order valence-corrected chi connectivity index (χ2v) is 6.70. The van der Waals surface area contributed by atoms with Crippen molar-refractivity contribution < 1.29 is 14.3 Å². The van der Waals surface area contributed by atoms with Crippen molar-refractivity contribution in [1.29, 1.82) is 0 Å². The van der Waals surface area contributed by atoms with Crippen molar-refractivity contribution in [3.8, 4) is 11.5 Å². The highest BCUT2D eigenvalue weighted by Gasteiger charge is 2.22. The maximum Gasteiger partial charge on any atom is 0.253 e. The van der Waals surface area contributed by atoms with Crippen molar-refractivity contribution in [2.45, 2.75) is 32.9 Å². The van der Waals surface area contributed by atoms with E-state index in [0.717, 1.165) is 34.4 Å². The van der Waals surface area contributed by atoms with Gasteiger partial charge in [-0.15, -0.1) is 0 Å². The quantitative estimate of drug-likeness (QED) is 0.748. The van der Waals surface area contributed by atoms with Crippen LogP contribution in [-0.2, 0) is 13.0 Å². The molecule has 0 aliphatic carbocycles. The number of para-hydroxylation sites is 1. The van der Waals surface area contributed by atoms with Gasteiger partial charge in [0.15, 0.2) is 0 Å². The lowest BCUT2D eigenvalue weighted by Gasteiger charge is -2.14. The first kappa shape index (κ1) is 17.3. The summed E-state index contributed by atoms with van der Waals surface area (Å²) in [4.78, 5) is 17.1. The number of pyridine rings is 1. The van der Waals surface area contributed by atoms with Gasteiger partial charge in [-0.2, -0.15) is 0 Å². The molecule has 3 aromatic rings. The van der Waals surface area contributed by atoms with E-state index >= 15 is 0 Å². The van der Waals surface area contributed by atoms with Crippen molar-refractivity contribution in [2.75, 3.05) is 6.61 Å². The number of fused-ring (bicyclic) bond motifs is 2. The van der Waals surface area contributed by atoms with Crippen LogP contribution < -0.4 is 14.8 Å². The van der Waals surface area contributed by atoms with E-state index in [0.29, 0.717) is 24.2 Å². The molecule has 0 unspecified atom stereocenters. The Hall–Kier alpha value is -3.08. The molecule has 27 heavy (non-hydrogen) atoms. The van der Waals surface area contributed by atoms with Gasteiger partial charge in [0, 0.05) is 35.7 Å². The van der Waals surface area contributed by atoms with Gasteiger partial charge in [-0.3, -0.25) is 9.78 Å². The van der Waals surface area contributed by atoms with E-state index in [9.17, 15) is 4.79 Å². The zero-order valence-corrected chi connectivity index (χ0v) is 15.5. The Bertz CT molecular complexity index is 995. The zero-order chi connectivity index (χ0) is 18.8. The number of nitrogens with one attached hydrogen (secondary N) is 1. The van der Waals surface area contributed by atoms with Crippen LogP contribution in [0.2, 0.25) is 0 Å². The summed E-state index contributed by atoms with van der Waals surface area (Å²) in [6, 6.07) is 13.4. The minimum atomic E-state index is -0.156. The van der Waals surface area contributed by atoms with Gasteiger partial charge in [0.25, 0.3) is 5.91 Å². The summed E-state index contributed by atoms with van der Waals surface area (Å²) < 4.78 is 11.6. The molecule has 1 aliphatic rings. The molecule has 138 valence electrons. The highest BCUT2D eigenvalue weighted by atomic mass is 16.5. The van der Waals surface area contributed by atoms with Gasteiger partial charge in [0.05, 0.1) is 17.7 Å². The summed E-state index contributed by atoms with van der Waals surface area (Å²) in [5.41, 5.74) is 3.33. The fraction of sp³-hybridized carbons (Fsp3) is 0.273. The summed E-state index contributed by atoms with van der Waals surface area (Å²) in [7, 11) is 0. The van der Waals surface area contributed by atoms with Gasteiger partial charge in [-0.1, -0.05) is 18.2 Å². The van der Waals surface area contributed by atoms with Gasteiger partial charge in [0.2, 0.25) is 0 Å². The molecule has 1 aromatic heterocycles. The molecular weight excluding hydrogens is 340 g/mol. The monoisotopic (exact) mass is 362 g/mol. The Morgan fingerprint density at radius 1 is 1.30 bits per heavy atom. The summed E-state index contributed by atoms with van der Waals surface area (Å²) in [5.74, 6) is 1.52. The Labute approximate surface area is 158 Å². The van der Waals surface area contributed by atoms with Crippen molar-refractivity contribution in [1.82, 2.24) is 10.3 Å². The lowest BCUT2D eigenvalue weighted by Crippen LogP contribution is -2.23. The Balaban J connectivity index is 1.58. The normalized spacial score (nSPS) is 15.3. The molecule has 0 saturated carbocycles. The molecular formula is C22H22N2O3. The van der Waals surface area contributed by atoms with Crippen LogP contribution in [0.25, 0.3) is 10.9 Å². The van der Waals surface area contributed by atoms with Crippen molar-refractivity contribution in [2.24, 2.45) is 0 Å². The Kier molecular flexibility index (Phi) is 4.67. The number of ether oxygens (including phenoxy) is 2. The van der Waals surface area contributed by atoms with E-state index in [1.54, 1.807) is 12.3 Å². The van der Waals surface area contributed by atoms with Crippen LogP contribution in [0.4, 0.5) is 0 Å². The lowest BCUT2D eigenvalue weighted by atomic mass is 10.1. The third kappa shape index (κ3) is 3.45. The molecule has 5 heteroatoms. The average molecular weight is 362 g/mol. The molecule has 4 rings (SSSR count). The fourth-order valence-corrected chi connectivity index (χ4v) is 3.47. The number of hydrogen-bond donors (Lipinski definition) is 1. The molecule has 1 amide bonds. The maximum atomic E-state index is 12.8. The van der Waals surface area contributed by atoms with Gasteiger partial charge in [-0.25, -0.2) is 0 Å². The van der Waals surface area contributed by atoms with Crippen LogP contribution in [-0.4, -0.2) is 23.6 Å². The summed E-state index contributed by atoms with van der Waals surface area (Å²) in [5, 5.41) is 3.94. The van der Waals surface area contributed by atoms with Crippen LogP contribution in [0.3, 0.4) is 0 Å². The molecule has 0 fully saturated rings. The Morgan fingerprint density at radius 3 is 3.00 bits per heavy atom. The third-order valence-electron chi connectivity index (χ3n) is 4.70. The van der Waals surface area contributed by atoms with Crippen molar-refractivity contribution in [3.63, 3.8) is 0 Å². The molecule has 2 aromatic carbocycles. The number of carbonyl (C=O) groups is 1. The molecule has 1 aliphatic heterocycles. The summed E-state index contributed by atoms with van der Waals surface area (Å²) in [6.45, 7) is 4.94. The van der Waals surface area contributed by atoms with E-state index < -0.39 is 0 Å². The minimum absolute atomic E-state index is 0.156. The molecule has 0 radical (unpaired) electrons. The second-order valence-electron chi connectivity index (χ2n) is 6.70.